The van der Waals surface area contributed by atoms with Crippen LogP contribution in [-0.2, 0) is 10.2 Å². The number of aliphatic hydroxyl groups is 2. The largest absolute Gasteiger partial charge is 0.492 e. The van der Waals surface area contributed by atoms with Crippen molar-refractivity contribution >= 4 is 0 Å². The van der Waals surface area contributed by atoms with Gasteiger partial charge in [0, 0.05) is 5.41 Å². The molecule has 1 fully saturated rings. The van der Waals surface area contributed by atoms with Gasteiger partial charge < -0.3 is 24.4 Å². The predicted molar refractivity (Wildman–Crippen MR) is 116 cm³/mol. The van der Waals surface area contributed by atoms with Crippen LogP contribution in [0.15, 0.2) is 48.5 Å². The van der Waals surface area contributed by atoms with Gasteiger partial charge in [0.05, 0.1) is 19.3 Å². The molecule has 1 aliphatic rings. The van der Waals surface area contributed by atoms with Crippen LogP contribution in [0.1, 0.15) is 38.8 Å². The molecular weight excluding hydrogens is 382 g/mol. The molecule has 1 unspecified atom stereocenters. The molecule has 3 N–H and O–H groups in total. The van der Waals surface area contributed by atoms with Crippen LogP contribution in [0.2, 0.25) is 0 Å². The standard InChI is InChI=1S/C24H33NO5/c1-23(2,18-7-11-22(12-8-18)29-16-20(27)13-26)17-5-9-21(10-6-17)28-14-19-15-30-24(3,4)25-19/h5-12,19-20,25-27H,13-16H2,1-4H3/t19-,20?/m0/s1. The Bertz CT molecular complexity index is 801. The van der Waals surface area contributed by atoms with E-state index in [9.17, 15) is 5.11 Å². The zero-order chi connectivity index (χ0) is 21.8. The van der Waals surface area contributed by atoms with Crippen LogP contribution >= 0.6 is 0 Å². The van der Waals surface area contributed by atoms with E-state index in [-0.39, 0.29) is 30.4 Å². The summed E-state index contributed by atoms with van der Waals surface area (Å²) in [4.78, 5) is 0. The van der Waals surface area contributed by atoms with Gasteiger partial charge in [-0.25, -0.2) is 0 Å². The van der Waals surface area contributed by atoms with Gasteiger partial charge in [-0.2, -0.15) is 0 Å². The van der Waals surface area contributed by atoms with Crippen LogP contribution in [0.5, 0.6) is 11.5 Å². The molecule has 0 amide bonds. The summed E-state index contributed by atoms with van der Waals surface area (Å²) in [6, 6.07) is 16.2. The van der Waals surface area contributed by atoms with Gasteiger partial charge in [0.1, 0.15) is 36.5 Å². The molecule has 2 atom stereocenters. The first-order chi connectivity index (χ1) is 14.2. The molecule has 2 aromatic carbocycles. The lowest BCUT2D eigenvalue weighted by Crippen LogP contribution is -2.41. The maximum Gasteiger partial charge on any atom is 0.119 e. The summed E-state index contributed by atoms with van der Waals surface area (Å²) in [5.41, 5.74) is 1.86. The Morgan fingerprint density at radius 3 is 2.03 bits per heavy atom. The van der Waals surface area contributed by atoms with Crippen molar-refractivity contribution in [1.29, 1.82) is 0 Å². The first-order valence-electron chi connectivity index (χ1n) is 10.4. The minimum absolute atomic E-state index is 0.0701. The lowest BCUT2D eigenvalue weighted by Gasteiger charge is -2.26. The van der Waals surface area contributed by atoms with Crippen molar-refractivity contribution in [3.05, 3.63) is 59.7 Å². The number of hydrogen-bond acceptors (Lipinski definition) is 6. The number of hydrogen-bond donors (Lipinski definition) is 3. The van der Waals surface area contributed by atoms with Crippen molar-refractivity contribution < 1.29 is 24.4 Å². The minimum atomic E-state index is -0.870. The molecule has 2 aromatic rings. The number of aliphatic hydroxyl groups excluding tert-OH is 2. The zero-order valence-corrected chi connectivity index (χ0v) is 18.2. The van der Waals surface area contributed by atoms with E-state index in [1.54, 1.807) is 0 Å². The molecule has 6 heteroatoms. The highest BCUT2D eigenvalue weighted by Crippen LogP contribution is 2.33. The van der Waals surface area contributed by atoms with Gasteiger partial charge in [-0.1, -0.05) is 38.1 Å². The smallest absolute Gasteiger partial charge is 0.119 e. The maximum absolute atomic E-state index is 9.40. The van der Waals surface area contributed by atoms with Crippen molar-refractivity contribution in [2.24, 2.45) is 0 Å². The fourth-order valence-electron chi connectivity index (χ4n) is 3.52. The zero-order valence-electron chi connectivity index (χ0n) is 18.2. The molecule has 0 bridgehead atoms. The van der Waals surface area contributed by atoms with E-state index in [0.29, 0.717) is 19.0 Å². The average molecular weight is 416 g/mol. The van der Waals surface area contributed by atoms with Gasteiger partial charge in [0.2, 0.25) is 0 Å². The van der Waals surface area contributed by atoms with Crippen LogP contribution in [0.4, 0.5) is 0 Å². The van der Waals surface area contributed by atoms with E-state index in [4.69, 9.17) is 19.3 Å². The second kappa shape index (κ2) is 9.35. The molecule has 0 spiro atoms. The van der Waals surface area contributed by atoms with Crippen LogP contribution < -0.4 is 14.8 Å². The Hall–Kier alpha value is -2.12. The molecule has 30 heavy (non-hydrogen) atoms. The quantitative estimate of drug-likeness (QED) is 0.584. The second-order valence-corrected chi connectivity index (χ2v) is 8.79. The fraction of sp³-hybridized carbons (Fsp3) is 0.500. The van der Waals surface area contributed by atoms with E-state index < -0.39 is 6.10 Å². The summed E-state index contributed by atoms with van der Waals surface area (Å²) >= 11 is 0. The summed E-state index contributed by atoms with van der Waals surface area (Å²) in [6.07, 6.45) is -0.870. The summed E-state index contributed by atoms with van der Waals surface area (Å²) in [6.45, 7) is 9.36. The summed E-state index contributed by atoms with van der Waals surface area (Å²) in [5, 5.41) is 21.7. The van der Waals surface area contributed by atoms with Crippen LogP contribution in [0.25, 0.3) is 0 Å². The first kappa shape index (κ1) is 22.6. The fourth-order valence-corrected chi connectivity index (χ4v) is 3.52. The van der Waals surface area contributed by atoms with Crippen molar-refractivity contribution in [2.45, 2.75) is 51.0 Å². The molecule has 0 aromatic heterocycles. The van der Waals surface area contributed by atoms with Crippen molar-refractivity contribution in [1.82, 2.24) is 5.32 Å². The van der Waals surface area contributed by atoms with Gasteiger partial charge in [-0.15, -0.1) is 0 Å². The minimum Gasteiger partial charge on any atom is -0.492 e. The summed E-state index contributed by atoms with van der Waals surface area (Å²) < 4.78 is 17.1. The van der Waals surface area contributed by atoms with E-state index in [2.05, 4.69) is 31.3 Å². The molecule has 1 aliphatic heterocycles. The Labute approximate surface area is 178 Å². The molecule has 6 nitrogen and oxygen atoms in total. The van der Waals surface area contributed by atoms with Gasteiger partial charge in [-0.3, -0.25) is 5.32 Å². The molecule has 0 radical (unpaired) electrons. The molecule has 0 aliphatic carbocycles. The number of ether oxygens (including phenoxy) is 3. The highest BCUT2D eigenvalue weighted by atomic mass is 16.5. The molecule has 1 heterocycles. The molecule has 3 rings (SSSR count). The van der Waals surface area contributed by atoms with E-state index in [1.165, 1.54) is 5.56 Å². The normalized spacial score (nSPS) is 19.5. The topological polar surface area (TPSA) is 80.2 Å². The van der Waals surface area contributed by atoms with Crippen molar-refractivity contribution in [3.63, 3.8) is 0 Å². The molecule has 0 saturated carbocycles. The Balaban J connectivity index is 1.59. The Kier molecular flexibility index (Phi) is 7.03. The maximum atomic E-state index is 9.40. The average Bonchev–Trinajstić information content (AvgIpc) is 3.09. The van der Waals surface area contributed by atoms with Crippen LogP contribution in [0, 0.1) is 0 Å². The molecule has 1 saturated heterocycles. The van der Waals surface area contributed by atoms with Gasteiger partial charge in [0.25, 0.3) is 0 Å². The molecular formula is C24H33NO5. The van der Waals surface area contributed by atoms with Crippen molar-refractivity contribution in [2.75, 3.05) is 26.4 Å². The third-order valence-electron chi connectivity index (χ3n) is 5.45. The van der Waals surface area contributed by atoms with Gasteiger partial charge in [0.15, 0.2) is 0 Å². The second-order valence-electron chi connectivity index (χ2n) is 8.79. The van der Waals surface area contributed by atoms with E-state index >= 15 is 0 Å². The lowest BCUT2D eigenvalue weighted by atomic mass is 9.78. The number of nitrogens with one attached hydrogen (secondary N) is 1. The van der Waals surface area contributed by atoms with Crippen LogP contribution in [-0.4, -0.2) is 54.5 Å². The van der Waals surface area contributed by atoms with Crippen molar-refractivity contribution in [3.8, 4) is 11.5 Å². The molecule has 164 valence electrons. The van der Waals surface area contributed by atoms with E-state index in [1.807, 2.05) is 50.2 Å². The number of benzene rings is 2. The monoisotopic (exact) mass is 415 g/mol. The first-order valence-corrected chi connectivity index (χ1v) is 10.4. The Morgan fingerprint density at radius 1 is 1.03 bits per heavy atom. The summed E-state index contributed by atoms with van der Waals surface area (Å²) in [5.74, 6) is 1.51. The predicted octanol–water partition coefficient (Wildman–Crippen LogP) is 2.85. The highest BCUT2D eigenvalue weighted by Gasteiger charge is 2.31. The third kappa shape index (κ3) is 5.73. The third-order valence-corrected chi connectivity index (χ3v) is 5.45. The summed E-state index contributed by atoms with van der Waals surface area (Å²) in [7, 11) is 0. The lowest BCUT2D eigenvalue weighted by molar-refractivity contribution is 0.0230. The SMILES string of the molecule is CC1(C)N[C@@H](COc2ccc(C(C)(C)c3ccc(OCC(O)CO)cc3)cc2)CO1. The van der Waals surface area contributed by atoms with E-state index in [0.717, 1.165) is 11.3 Å². The highest BCUT2D eigenvalue weighted by molar-refractivity contribution is 5.41. The Morgan fingerprint density at radius 2 is 1.57 bits per heavy atom. The van der Waals surface area contributed by atoms with Gasteiger partial charge >= 0.3 is 0 Å². The van der Waals surface area contributed by atoms with Crippen LogP contribution in [0.3, 0.4) is 0 Å². The number of rotatable bonds is 9. The van der Waals surface area contributed by atoms with Gasteiger partial charge in [-0.05, 0) is 49.2 Å².